The second-order valence-corrected chi connectivity index (χ2v) is 9.35. The van der Waals surface area contributed by atoms with Crippen molar-refractivity contribution in [2.24, 2.45) is 5.92 Å². The maximum Gasteiger partial charge on any atom is 0.220 e. The fourth-order valence-corrected chi connectivity index (χ4v) is 5.14. The normalized spacial score (nSPS) is 15.5. The zero-order chi connectivity index (χ0) is 21.9. The van der Waals surface area contributed by atoms with Crippen molar-refractivity contribution in [1.82, 2.24) is 9.88 Å². The molecule has 166 valence electrons. The topological polar surface area (TPSA) is 43.3 Å². The molecular formula is C27H29ClN2O2. The maximum absolute atomic E-state index is 12.6. The molecule has 1 N–H and O–H groups in total. The van der Waals surface area contributed by atoms with Crippen molar-refractivity contribution in [2.75, 3.05) is 6.54 Å². The summed E-state index contributed by atoms with van der Waals surface area (Å²) in [5.41, 5.74) is 5.54. The standard InChI is InChI=1S/C27H29ClN2O2/c28-21-10-12-22(13-11-21)30-23(14-15-26(31)29-17-19-6-2-1-3-7-19)16-20-18-32-25-9-5-4-8-24(25)27(20)30/h4-5,8-13,16,19H,1-3,6-7,14-15,17-18H2,(H,29,31). The molecule has 0 bridgehead atoms. The number of hydrogen-bond acceptors (Lipinski definition) is 2. The Kier molecular flexibility index (Phi) is 6.22. The van der Waals surface area contributed by atoms with Gasteiger partial charge in [0.1, 0.15) is 12.4 Å². The number of carbonyl (C=O) groups is 1. The summed E-state index contributed by atoms with van der Waals surface area (Å²) in [5.74, 6) is 1.67. The highest BCUT2D eigenvalue weighted by Crippen LogP contribution is 2.41. The Balaban J connectivity index is 1.39. The molecule has 2 aliphatic rings. The van der Waals surface area contributed by atoms with E-state index in [0.29, 0.717) is 30.4 Å². The molecular weight excluding hydrogens is 420 g/mol. The molecule has 0 atom stereocenters. The van der Waals surface area contributed by atoms with Gasteiger partial charge in [0, 0.05) is 40.5 Å². The van der Waals surface area contributed by atoms with Crippen LogP contribution in [0.25, 0.3) is 16.9 Å². The lowest BCUT2D eigenvalue weighted by Gasteiger charge is -2.22. The van der Waals surface area contributed by atoms with Gasteiger partial charge in [-0.25, -0.2) is 0 Å². The van der Waals surface area contributed by atoms with Crippen molar-refractivity contribution in [1.29, 1.82) is 0 Å². The summed E-state index contributed by atoms with van der Waals surface area (Å²) in [6, 6.07) is 18.2. The Morgan fingerprint density at radius 1 is 1.06 bits per heavy atom. The SMILES string of the molecule is O=C(CCc1cc2c(n1-c1ccc(Cl)cc1)-c1ccccc1OC2)NCC1CCCCC1. The van der Waals surface area contributed by atoms with Gasteiger partial charge in [-0.3, -0.25) is 4.79 Å². The summed E-state index contributed by atoms with van der Waals surface area (Å²) in [4.78, 5) is 12.6. The molecule has 1 aliphatic carbocycles. The molecule has 1 aromatic heterocycles. The number of aromatic nitrogens is 1. The second-order valence-electron chi connectivity index (χ2n) is 8.91. The molecule has 3 aromatic rings. The molecule has 4 nitrogen and oxygen atoms in total. The zero-order valence-electron chi connectivity index (χ0n) is 18.3. The monoisotopic (exact) mass is 448 g/mol. The molecule has 1 amide bonds. The Hall–Kier alpha value is -2.72. The molecule has 5 heteroatoms. The van der Waals surface area contributed by atoms with E-state index < -0.39 is 0 Å². The van der Waals surface area contributed by atoms with Crippen LogP contribution >= 0.6 is 11.6 Å². The Bertz CT molecular complexity index is 1100. The molecule has 0 radical (unpaired) electrons. The number of carbonyl (C=O) groups excluding carboxylic acids is 1. The van der Waals surface area contributed by atoms with Crippen LogP contribution in [0.5, 0.6) is 5.75 Å². The lowest BCUT2D eigenvalue weighted by atomic mass is 9.89. The fraction of sp³-hybridized carbons (Fsp3) is 0.370. The molecule has 32 heavy (non-hydrogen) atoms. The summed E-state index contributed by atoms with van der Waals surface area (Å²) in [7, 11) is 0. The third kappa shape index (κ3) is 4.42. The van der Waals surface area contributed by atoms with E-state index in [2.05, 4.69) is 22.0 Å². The molecule has 1 aliphatic heterocycles. The van der Waals surface area contributed by atoms with E-state index in [4.69, 9.17) is 16.3 Å². The first-order valence-electron chi connectivity index (χ1n) is 11.7. The molecule has 5 rings (SSSR count). The largest absolute Gasteiger partial charge is 0.488 e. The number of halogens is 1. The number of benzene rings is 2. The first-order valence-corrected chi connectivity index (χ1v) is 12.0. The molecule has 1 saturated carbocycles. The lowest BCUT2D eigenvalue weighted by molar-refractivity contribution is -0.121. The molecule has 0 spiro atoms. The van der Waals surface area contributed by atoms with Crippen LogP contribution in [0.1, 0.15) is 49.8 Å². The number of para-hydroxylation sites is 1. The van der Waals surface area contributed by atoms with Gasteiger partial charge >= 0.3 is 0 Å². The van der Waals surface area contributed by atoms with E-state index in [9.17, 15) is 4.79 Å². The van der Waals surface area contributed by atoms with Gasteiger partial charge < -0.3 is 14.6 Å². The zero-order valence-corrected chi connectivity index (χ0v) is 19.0. The predicted molar refractivity (Wildman–Crippen MR) is 128 cm³/mol. The minimum absolute atomic E-state index is 0.133. The predicted octanol–water partition coefficient (Wildman–Crippen LogP) is 6.32. The summed E-state index contributed by atoms with van der Waals surface area (Å²) in [6.07, 6.45) is 7.57. The quantitative estimate of drug-likeness (QED) is 0.479. The number of nitrogens with zero attached hydrogens (tertiary/aromatic N) is 1. The van der Waals surface area contributed by atoms with Crippen LogP contribution in [0, 0.1) is 5.92 Å². The third-order valence-electron chi connectivity index (χ3n) is 6.69. The summed E-state index contributed by atoms with van der Waals surface area (Å²) < 4.78 is 8.26. The van der Waals surface area contributed by atoms with Crippen molar-refractivity contribution in [3.63, 3.8) is 0 Å². The van der Waals surface area contributed by atoms with E-state index in [-0.39, 0.29) is 5.91 Å². The van der Waals surface area contributed by atoms with Crippen molar-refractivity contribution < 1.29 is 9.53 Å². The molecule has 0 unspecified atom stereocenters. The maximum atomic E-state index is 12.6. The summed E-state index contributed by atoms with van der Waals surface area (Å²) in [5, 5.41) is 3.89. The minimum atomic E-state index is 0.133. The van der Waals surface area contributed by atoms with Gasteiger partial charge in [0.15, 0.2) is 0 Å². The van der Waals surface area contributed by atoms with E-state index in [1.165, 1.54) is 32.1 Å². The third-order valence-corrected chi connectivity index (χ3v) is 6.94. The summed E-state index contributed by atoms with van der Waals surface area (Å²) >= 11 is 6.16. The van der Waals surface area contributed by atoms with Gasteiger partial charge in [0.05, 0.1) is 5.69 Å². The lowest BCUT2D eigenvalue weighted by Crippen LogP contribution is -2.30. The van der Waals surface area contributed by atoms with E-state index in [1.54, 1.807) is 0 Å². The van der Waals surface area contributed by atoms with Gasteiger partial charge in [0.25, 0.3) is 0 Å². The van der Waals surface area contributed by atoms with Gasteiger partial charge in [0.2, 0.25) is 5.91 Å². The first-order chi connectivity index (χ1) is 15.7. The van der Waals surface area contributed by atoms with E-state index in [1.807, 2.05) is 42.5 Å². The highest BCUT2D eigenvalue weighted by molar-refractivity contribution is 6.30. The van der Waals surface area contributed by atoms with Crippen molar-refractivity contribution in [2.45, 2.75) is 51.6 Å². The van der Waals surface area contributed by atoms with Crippen molar-refractivity contribution in [3.05, 3.63) is 70.9 Å². The van der Waals surface area contributed by atoms with Crippen molar-refractivity contribution >= 4 is 17.5 Å². The number of amides is 1. The molecule has 0 saturated heterocycles. The second kappa shape index (κ2) is 9.41. The van der Waals surface area contributed by atoms with Crippen LogP contribution in [-0.4, -0.2) is 17.0 Å². The van der Waals surface area contributed by atoms with Gasteiger partial charge in [-0.1, -0.05) is 43.0 Å². The number of aryl methyl sites for hydroxylation is 1. The van der Waals surface area contributed by atoms with Crippen LogP contribution in [0.2, 0.25) is 5.02 Å². The van der Waals surface area contributed by atoms with Gasteiger partial charge in [-0.05, 0) is 67.6 Å². The van der Waals surface area contributed by atoms with Crippen LogP contribution in [0.15, 0.2) is 54.6 Å². The first kappa shape index (κ1) is 21.1. The smallest absolute Gasteiger partial charge is 0.220 e. The van der Waals surface area contributed by atoms with E-state index in [0.717, 1.165) is 40.5 Å². The number of nitrogens with one attached hydrogen (secondary N) is 1. The van der Waals surface area contributed by atoms with Crippen LogP contribution in [-0.2, 0) is 17.8 Å². The average molecular weight is 449 g/mol. The Morgan fingerprint density at radius 3 is 2.66 bits per heavy atom. The van der Waals surface area contributed by atoms with Crippen molar-refractivity contribution in [3.8, 4) is 22.7 Å². The van der Waals surface area contributed by atoms with Crippen LogP contribution < -0.4 is 10.1 Å². The number of fused-ring (bicyclic) bond motifs is 3. The molecule has 2 aromatic carbocycles. The Labute approximate surface area is 194 Å². The van der Waals surface area contributed by atoms with Crippen LogP contribution in [0.3, 0.4) is 0 Å². The number of rotatable bonds is 6. The number of ether oxygens (including phenoxy) is 1. The highest BCUT2D eigenvalue weighted by Gasteiger charge is 2.25. The van der Waals surface area contributed by atoms with E-state index >= 15 is 0 Å². The fourth-order valence-electron chi connectivity index (χ4n) is 5.02. The molecule has 2 heterocycles. The minimum Gasteiger partial charge on any atom is -0.488 e. The van der Waals surface area contributed by atoms with Crippen LogP contribution in [0.4, 0.5) is 0 Å². The average Bonchev–Trinajstić information content (AvgIpc) is 3.21. The van der Waals surface area contributed by atoms with Gasteiger partial charge in [-0.2, -0.15) is 0 Å². The number of hydrogen-bond donors (Lipinski definition) is 1. The molecule has 1 fully saturated rings. The highest BCUT2D eigenvalue weighted by atomic mass is 35.5. The summed E-state index contributed by atoms with van der Waals surface area (Å²) in [6.45, 7) is 1.35. The van der Waals surface area contributed by atoms with Gasteiger partial charge in [-0.15, -0.1) is 0 Å². The Morgan fingerprint density at radius 2 is 1.84 bits per heavy atom.